The highest BCUT2D eigenvalue weighted by Gasteiger charge is 1.98. The molecule has 2 rings (SSSR count). The van der Waals surface area contributed by atoms with Crippen molar-refractivity contribution in [2.24, 2.45) is 0 Å². The van der Waals surface area contributed by atoms with E-state index in [-0.39, 0.29) is 11.8 Å². The predicted molar refractivity (Wildman–Crippen MR) is 81.7 cm³/mol. The Labute approximate surface area is 124 Å². The van der Waals surface area contributed by atoms with Gasteiger partial charge in [-0.15, -0.1) is 0 Å². The van der Waals surface area contributed by atoms with Crippen molar-refractivity contribution in [3.63, 3.8) is 0 Å². The molecule has 5 heteroatoms. The van der Waals surface area contributed by atoms with Gasteiger partial charge in [0.2, 0.25) is 0 Å². The molecule has 20 heavy (non-hydrogen) atoms. The molecule has 2 N–H and O–H groups in total. The van der Waals surface area contributed by atoms with Gasteiger partial charge in [0, 0.05) is 16.4 Å². The number of carbonyl (C=O) groups is 1. The quantitative estimate of drug-likeness (QED) is 0.859. The third-order valence-corrected chi connectivity index (χ3v) is 2.99. The first-order chi connectivity index (χ1) is 9.63. The minimum Gasteiger partial charge on any atom is -0.314 e. The van der Waals surface area contributed by atoms with Crippen LogP contribution < -0.4 is 10.6 Å². The van der Waals surface area contributed by atoms with E-state index in [1.807, 2.05) is 24.3 Å². The molecule has 0 saturated heterocycles. The standard InChI is InChI=1S/C15H12BrFN2O/c16-12-3-1-11(2-4-12)9-10-18-15(20)19-14-7-5-13(17)6-8-14/h1-10H,(H2,18,19,20)/b10-9+. The van der Waals surface area contributed by atoms with Crippen LogP contribution in [0.1, 0.15) is 5.56 Å². The minimum atomic E-state index is -0.384. The van der Waals surface area contributed by atoms with E-state index < -0.39 is 0 Å². The van der Waals surface area contributed by atoms with Crippen LogP contribution in [-0.2, 0) is 0 Å². The van der Waals surface area contributed by atoms with E-state index in [0.717, 1.165) is 10.0 Å². The highest BCUT2D eigenvalue weighted by molar-refractivity contribution is 9.10. The lowest BCUT2D eigenvalue weighted by Gasteiger charge is -2.04. The molecule has 0 heterocycles. The smallest absolute Gasteiger partial charge is 0.314 e. The summed E-state index contributed by atoms with van der Waals surface area (Å²) < 4.78 is 13.7. The largest absolute Gasteiger partial charge is 0.323 e. The van der Waals surface area contributed by atoms with Crippen molar-refractivity contribution < 1.29 is 9.18 Å². The van der Waals surface area contributed by atoms with Crippen molar-refractivity contribution in [3.05, 3.63) is 70.6 Å². The second kappa shape index (κ2) is 6.86. The van der Waals surface area contributed by atoms with Gasteiger partial charge in [-0.05, 0) is 48.0 Å². The molecule has 0 aliphatic heterocycles. The summed E-state index contributed by atoms with van der Waals surface area (Å²) in [5, 5.41) is 5.16. The number of nitrogens with one attached hydrogen (secondary N) is 2. The Morgan fingerprint density at radius 3 is 2.35 bits per heavy atom. The van der Waals surface area contributed by atoms with Gasteiger partial charge < -0.3 is 10.6 Å². The average molecular weight is 335 g/mol. The maximum Gasteiger partial charge on any atom is 0.323 e. The van der Waals surface area contributed by atoms with Crippen LogP contribution in [0.2, 0.25) is 0 Å². The molecule has 0 saturated carbocycles. The van der Waals surface area contributed by atoms with Crippen LogP contribution in [0.15, 0.2) is 59.2 Å². The fraction of sp³-hybridized carbons (Fsp3) is 0. The van der Waals surface area contributed by atoms with Gasteiger partial charge in [-0.1, -0.05) is 28.1 Å². The predicted octanol–water partition coefficient (Wildman–Crippen LogP) is 4.38. The lowest BCUT2D eigenvalue weighted by molar-refractivity contribution is 0.255. The molecule has 0 atom stereocenters. The zero-order chi connectivity index (χ0) is 14.4. The molecule has 0 bridgehead atoms. The number of hydrogen-bond donors (Lipinski definition) is 2. The molecule has 0 radical (unpaired) electrons. The fourth-order valence-electron chi connectivity index (χ4n) is 1.49. The topological polar surface area (TPSA) is 41.1 Å². The number of urea groups is 1. The zero-order valence-corrected chi connectivity index (χ0v) is 12.0. The summed E-state index contributed by atoms with van der Waals surface area (Å²) in [5.41, 5.74) is 1.50. The summed E-state index contributed by atoms with van der Waals surface area (Å²) in [6.07, 6.45) is 3.32. The Balaban J connectivity index is 1.85. The molecular formula is C15H12BrFN2O. The summed E-state index contributed by atoms with van der Waals surface area (Å²) in [6.45, 7) is 0. The minimum absolute atomic E-state index is 0.342. The lowest BCUT2D eigenvalue weighted by Crippen LogP contribution is -2.23. The Morgan fingerprint density at radius 2 is 1.70 bits per heavy atom. The van der Waals surface area contributed by atoms with E-state index in [0.29, 0.717) is 5.69 Å². The van der Waals surface area contributed by atoms with Gasteiger partial charge in [0.15, 0.2) is 0 Å². The van der Waals surface area contributed by atoms with Crippen LogP contribution in [0, 0.1) is 5.82 Å². The van der Waals surface area contributed by atoms with Gasteiger partial charge in [0.25, 0.3) is 0 Å². The lowest BCUT2D eigenvalue weighted by atomic mass is 10.2. The van der Waals surface area contributed by atoms with Crippen LogP contribution in [-0.4, -0.2) is 6.03 Å². The van der Waals surface area contributed by atoms with Crippen molar-refractivity contribution in [3.8, 4) is 0 Å². The van der Waals surface area contributed by atoms with E-state index in [1.54, 1.807) is 12.3 Å². The van der Waals surface area contributed by atoms with Crippen molar-refractivity contribution >= 4 is 33.7 Å². The third-order valence-electron chi connectivity index (χ3n) is 2.46. The number of hydrogen-bond acceptors (Lipinski definition) is 1. The number of anilines is 1. The van der Waals surface area contributed by atoms with Crippen LogP contribution >= 0.6 is 15.9 Å². The molecule has 0 aliphatic rings. The number of carbonyl (C=O) groups excluding carboxylic acids is 1. The second-order valence-corrected chi connectivity index (χ2v) is 4.91. The van der Waals surface area contributed by atoms with Crippen molar-refractivity contribution in [1.82, 2.24) is 5.32 Å². The van der Waals surface area contributed by atoms with E-state index >= 15 is 0 Å². The molecule has 3 nitrogen and oxygen atoms in total. The van der Waals surface area contributed by atoms with Crippen LogP contribution in [0.3, 0.4) is 0 Å². The normalized spacial score (nSPS) is 10.5. The Kier molecular flexibility index (Phi) is 4.90. The zero-order valence-electron chi connectivity index (χ0n) is 10.4. The summed E-state index contributed by atoms with van der Waals surface area (Å²) in [6, 6.07) is 12.8. The molecule has 0 aromatic heterocycles. The monoisotopic (exact) mass is 334 g/mol. The molecule has 102 valence electrons. The van der Waals surface area contributed by atoms with Crippen molar-refractivity contribution in [2.75, 3.05) is 5.32 Å². The number of halogens is 2. The highest BCUT2D eigenvalue weighted by atomic mass is 79.9. The summed E-state index contributed by atoms with van der Waals surface area (Å²) in [7, 11) is 0. The maximum atomic E-state index is 12.7. The Morgan fingerprint density at radius 1 is 1.05 bits per heavy atom. The molecule has 2 amide bonds. The maximum absolute atomic E-state index is 12.7. The first-order valence-electron chi connectivity index (χ1n) is 5.89. The second-order valence-electron chi connectivity index (χ2n) is 3.99. The van der Waals surface area contributed by atoms with Gasteiger partial charge in [0.1, 0.15) is 5.82 Å². The Bertz CT molecular complexity index is 609. The van der Waals surface area contributed by atoms with Gasteiger partial charge in [0.05, 0.1) is 0 Å². The average Bonchev–Trinajstić information content (AvgIpc) is 2.44. The molecule has 0 fully saturated rings. The molecule has 2 aromatic rings. The SMILES string of the molecule is O=C(N/C=C/c1ccc(Br)cc1)Nc1ccc(F)cc1. The fourth-order valence-corrected chi connectivity index (χ4v) is 1.75. The Hall–Kier alpha value is -2.14. The van der Waals surface area contributed by atoms with E-state index in [4.69, 9.17) is 0 Å². The summed E-state index contributed by atoms with van der Waals surface area (Å²) in [5.74, 6) is -0.342. The first-order valence-corrected chi connectivity index (χ1v) is 6.68. The van der Waals surface area contributed by atoms with Gasteiger partial charge in [-0.2, -0.15) is 0 Å². The summed E-state index contributed by atoms with van der Waals surface area (Å²) in [4.78, 5) is 11.6. The van der Waals surface area contributed by atoms with Gasteiger partial charge in [-0.3, -0.25) is 0 Å². The number of amides is 2. The van der Waals surface area contributed by atoms with E-state index in [9.17, 15) is 9.18 Å². The molecule has 2 aromatic carbocycles. The van der Waals surface area contributed by atoms with Crippen molar-refractivity contribution in [2.45, 2.75) is 0 Å². The molecule has 0 unspecified atom stereocenters. The highest BCUT2D eigenvalue weighted by Crippen LogP contribution is 2.11. The van der Waals surface area contributed by atoms with Gasteiger partial charge >= 0.3 is 6.03 Å². The van der Waals surface area contributed by atoms with E-state index in [1.165, 1.54) is 24.3 Å². The molecular weight excluding hydrogens is 323 g/mol. The van der Waals surface area contributed by atoms with Crippen LogP contribution in [0.5, 0.6) is 0 Å². The molecule has 0 spiro atoms. The first kappa shape index (κ1) is 14.3. The van der Waals surface area contributed by atoms with Crippen LogP contribution in [0.4, 0.5) is 14.9 Å². The van der Waals surface area contributed by atoms with Crippen LogP contribution in [0.25, 0.3) is 6.08 Å². The molecule has 0 aliphatic carbocycles. The van der Waals surface area contributed by atoms with E-state index in [2.05, 4.69) is 26.6 Å². The van der Waals surface area contributed by atoms with Gasteiger partial charge in [-0.25, -0.2) is 9.18 Å². The number of benzene rings is 2. The van der Waals surface area contributed by atoms with Crippen molar-refractivity contribution in [1.29, 1.82) is 0 Å². The third kappa shape index (κ3) is 4.51. The summed E-state index contributed by atoms with van der Waals surface area (Å²) >= 11 is 3.35. The number of rotatable bonds is 3.